The zero-order chi connectivity index (χ0) is 15.6. The van der Waals surface area contributed by atoms with Gasteiger partial charge in [-0.25, -0.2) is 0 Å². The molecule has 2 rings (SSSR count). The summed E-state index contributed by atoms with van der Waals surface area (Å²) in [6.45, 7) is 2.98. The van der Waals surface area contributed by atoms with Crippen molar-refractivity contribution in [1.29, 1.82) is 0 Å². The quantitative estimate of drug-likeness (QED) is 0.545. The monoisotopic (exact) mass is 438 g/mol. The van der Waals surface area contributed by atoms with E-state index in [4.69, 9.17) is 17.9 Å². The first kappa shape index (κ1) is 16.5. The first-order valence-corrected chi connectivity index (χ1v) is 14.5. The van der Waals surface area contributed by atoms with Crippen LogP contribution in [0.25, 0.3) is 0 Å². The molecule has 2 nitrogen and oxygen atoms in total. The predicted molar refractivity (Wildman–Crippen MR) is 89.6 cm³/mol. The molecule has 0 saturated heterocycles. The van der Waals surface area contributed by atoms with Crippen molar-refractivity contribution in [3.05, 3.63) is 59.7 Å². The van der Waals surface area contributed by atoms with Gasteiger partial charge in [-0.3, -0.25) is 0 Å². The normalized spacial score (nSPS) is 12.0. The Balaban J connectivity index is 2.69. The Morgan fingerprint density at radius 3 is 1.43 bits per heavy atom. The van der Waals surface area contributed by atoms with E-state index >= 15 is 0 Å². The summed E-state index contributed by atoms with van der Waals surface area (Å²) in [7, 11) is 13.5. The Hall–Kier alpha value is -0.850. The van der Waals surface area contributed by atoms with Crippen LogP contribution in [0.15, 0.2) is 48.5 Å². The third-order valence-corrected chi connectivity index (χ3v) is 12.7. The van der Waals surface area contributed by atoms with Gasteiger partial charge in [0.1, 0.15) is 0 Å². The number of benzene rings is 2. The molecule has 0 atom stereocenters. The van der Waals surface area contributed by atoms with Crippen molar-refractivity contribution in [2.45, 2.75) is 13.8 Å². The third kappa shape index (κ3) is 3.33. The fourth-order valence-electron chi connectivity index (χ4n) is 2.08. The van der Waals surface area contributed by atoms with E-state index < -0.39 is 15.9 Å². The number of rotatable bonds is 4. The maximum absolute atomic E-state index is 11.8. The molecule has 110 valence electrons. The average Bonchev–Trinajstić information content (AvgIpc) is 2.47. The SMILES string of the molecule is CC(=O)c1ccccc1[Te](Cl)(Cl)c1ccccc1C(C)=O. The van der Waals surface area contributed by atoms with Gasteiger partial charge < -0.3 is 0 Å². The van der Waals surface area contributed by atoms with Gasteiger partial charge in [0.25, 0.3) is 0 Å². The van der Waals surface area contributed by atoms with Crippen molar-refractivity contribution >= 4 is 52.7 Å². The first-order valence-electron chi connectivity index (χ1n) is 6.28. The van der Waals surface area contributed by atoms with Crippen molar-refractivity contribution in [2.75, 3.05) is 0 Å². The molecule has 0 radical (unpaired) electrons. The second-order valence-electron chi connectivity index (χ2n) is 4.57. The van der Waals surface area contributed by atoms with E-state index in [0.29, 0.717) is 18.3 Å². The second kappa shape index (κ2) is 6.50. The molecule has 2 aromatic rings. The fraction of sp³-hybridized carbons (Fsp3) is 0.125. The van der Waals surface area contributed by atoms with Crippen LogP contribution in [0.5, 0.6) is 0 Å². The molecule has 21 heavy (non-hydrogen) atoms. The second-order valence-corrected chi connectivity index (χ2v) is 17.0. The van der Waals surface area contributed by atoms with E-state index in [1.807, 2.05) is 12.1 Å². The van der Waals surface area contributed by atoms with Gasteiger partial charge >= 0.3 is 136 Å². The summed E-state index contributed by atoms with van der Waals surface area (Å²) in [4.78, 5) is 23.6. The number of hydrogen-bond donors (Lipinski definition) is 0. The van der Waals surface area contributed by atoms with Crippen LogP contribution < -0.4 is 7.22 Å². The zero-order valence-corrected chi connectivity index (χ0v) is 15.4. The van der Waals surface area contributed by atoms with Gasteiger partial charge in [0.15, 0.2) is 0 Å². The van der Waals surface area contributed by atoms with E-state index in [2.05, 4.69) is 0 Å². The molecule has 0 aliphatic rings. The molecule has 0 unspecified atom stereocenters. The Labute approximate surface area is 135 Å². The molecular formula is C16H14Cl2O2Te. The minimum atomic E-state index is -3.79. The number of carbonyl (C=O) groups is 2. The minimum absolute atomic E-state index is 0.0807. The summed E-state index contributed by atoms with van der Waals surface area (Å²) in [6.07, 6.45) is 0. The molecule has 0 aliphatic carbocycles. The van der Waals surface area contributed by atoms with Gasteiger partial charge in [-0.15, -0.1) is 0 Å². The molecule has 0 fully saturated rings. The molecule has 5 heteroatoms. The van der Waals surface area contributed by atoms with E-state index in [0.717, 1.165) is 0 Å². The molecule has 0 N–H and O–H groups in total. The van der Waals surface area contributed by atoms with Crippen LogP contribution in [-0.2, 0) is 0 Å². The number of Topliss-reactive ketones (excluding diaryl/α,β-unsaturated/α-hetero) is 2. The summed E-state index contributed by atoms with van der Waals surface area (Å²) in [6, 6.07) is 14.2. The van der Waals surface area contributed by atoms with Gasteiger partial charge in [-0.1, -0.05) is 0 Å². The van der Waals surface area contributed by atoms with Crippen molar-refractivity contribution < 1.29 is 9.59 Å². The zero-order valence-electron chi connectivity index (χ0n) is 11.6. The Kier molecular flexibility index (Phi) is 5.11. The predicted octanol–water partition coefficient (Wildman–Crippen LogP) is 3.13. The maximum atomic E-state index is 11.8. The van der Waals surface area contributed by atoms with Crippen LogP contribution in [0.2, 0.25) is 0 Å². The van der Waals surface area contributed by atoms with Crippen LogP contribution in [0, 0.1) is 0 Å². The van der Waals surface area contributed by atoms with Crippen LogP contribution in [0.3, 0.4) is 0 Å². The molecule has 0 aromatic heterocycles. The standard InChI is InChI=1S/C16H14Cl2O2Te/c1-11(19)13-7-3-5-9-15(13)21(17,18)16-10-6-4-8-14(16)12(2)20/h3-10H,1-2H3. The van der Waals surface area contributed by atoms with Crippen LogP contribution in [0.4, 0.5) is 0 Å². The number of carbonyl (C=O) groups excluding carboxylic acids is 2. The van der Waals surface area contributed by atoms with Crippen molar-refractivity contribution in [2.24, 2.45) is 0 Å². The van der Waals surface area contributed by atoms with E-state index in [1.54, 1.807) is 36.4 Å². The molecule has 0 saturated carbocycles. The van der Waals surface area contributed by atoms with Crippen molar-refractivity contribution in [1.82, 2.24) is 0 Å². The van der Waals surface area contributed by atoms with Crippen LogP contribution in [-0.4, -0.2) is 27.5 Å². The molecule has 0 bridgehead atoms. The molecule has 0 heterocycles. The van der Waals surface area contributed by atoms with Crippen molar-refractivity contribution in [3.63, 3.8) is 0 Å². The molecule has 0 amide bonds. The molecule has 0 aliphatic heterocycles. The topological polar surface area (TPSA) is 34.1 Å². The van der Waals surface area contributed by atoms with Gasteiger partial charge in [0.2, 0.25) is 0 Å². The summed E-state index contributed by atoms with van der Waals surface area (Å²) in [5.74, 6) is -0.161. The van der Waals surface area contributed by atoms with E-state index in [1.165, 1.54) is 13.8 Å². The number of halogens is 2. The Bertz CT molecular complexity index is 651. The van der Waals surface area contributed by atoms with E-state index in [9.17, 15) is 9.59 Å². The van der Waals surface area contributed by atoms with Crippen LogP contribution in [0.1, 0.15) is 34.6 Å². The van der Waals surface area contributed by atoms with Gasteiger partial charge in [-0.2, -0.15) is 0 Å². The summed E-state index contributed by atoms with van der Waals surface area (Å²) >= 11 is -3.79. The summed E-state index contributed by atoms with van der Waals surface area (Å²) in [5, 5.41) is 0. The van der Waals surface area contributed by atoms with Crippen LogP contribution >= 0.6 is 17.9 Å². The van der Waals surface area contributed by atoms with Gasteiger partial charge in [0.05, 0.1) is 0 Å². The summed E-state index contributed by atoms with van der Waals surface area (Å²) in [5.41, 5.74) is 1.06. The summed E-state index contributed by atoms with van der Waals surface area (Å²) < 4.78 is 1.34. The van der Waals surface area contributed by atoms with Gasteiger partial charge in [-0.05, 0) is 0 Å². The first-order chi connectivity index (χ1) is 9.85. The Morgan fingerprint density at radius 1 is 0.762 bits per heavy atom. The Morgan fingerprint density at radius 2 is 1.10 bits per heavy atom. The third-order valence-electron chi connectivity index (χ3n) is 3.09. The van der Waals surface area contributed by atoms with Crippen molar-refractivity contribution in [3.8, 4) is 0 Å². The molecule has 0 spiro atoms. The average molecular weight is 437 g/mol. The number of hydrogen-bond acceptors (Lipinski definition) is 2. The van der Waals surface area contributed by atoms with E-state index in [-0.39, 0.29) is 11.6 Å². The van der Waals surface area contributed by atoms with Gasteiger partial charge in [0, 0.05) is 0 Å². The molecule has 2 aromatic carbocycles. The number of ketones is 2. The molecular weight excluding hydrogens is 423 g/mol. The fourth-order valence-corrected chi connectivity index (χ4v) is 10.6.